The number of aryl methyl sites for hydroxylation is 1. The van der Waals surface area contributed by atoms with Crippen LogP contribution in [-0.4, -0.2) is 40.1 Å². The van der Waals surface area contributed by atoms with E-state index < -0.39 is 11.9 Å². The van der Waals surface area contributed by atoms with Gasteiger partial charge in [-0.25, -0.2) is 4.79 Å². The molecule has 19 heavy (non-hydrogen) atoms. The molecule has 1 aromatic rings. The molecule has 1 aromatic heterocycles. The highest BCUT2D eigenvalue weighted by molar-refractivity contribution is 5.90. The summed E-state index contributed by atoms with van der Waals surface area (Å²) in [6.45, 7) is 4.45. The Hall–Kier alpha value is -2.11. The monoisotopic (exact) mass is 263 g/mol. The summed E-state index contributed by atoms with van der Waals surface area (Å²) in [5.41, 5.74) is 1.58. The zero-order chi connectivity index (χ0) is 14.0. The quantitative estimate of drug-likeness (QED) is 0.848. The number of likely N-dealkylation sites (tertiary alicyclic amines) is 1. The van der Waals surface area contributed by atoms with Crippen LogP contribution in [0.15, 0.2) is 18.5 Å². The van der Waals surface area contributed by atoms with Crippen molar-refractivity contribution in [1.29, 1.82) is 0 Å². The Morgan fingerprint density at radius 1 is 1.42 bits per heavy atom. The number of nitrogens with one attached hydrogen (secondary N) is 1. The average Bonchev–Trinajstić information content (AvgIpc) is 2.71. The second-order valence-electron chi connectivity index (χ2n) is 5.01. The van der Waals surface area contributed by atoms with Crippen molar-refractivity contribution >= 4 is 17.7 Å². The Labute approximate surface area is 111 Å². The number of carboxylic acid groups (broad SMARTS) is 1. The smallest absolute Gasteiger partial charge is 0.321 e. The molecule has 0 bridgehead atoms. The molecule has 2 amide bonds. The molecule has 0 spiro atoms. The molecule has 1 aliphatic heterocycles. The Kier molecular flexibility index (Phi) is 3.69. The molecule has 1 saturated heterocycles. The zero-order valence-corrected chi connectivity index (χ0v) is 11.0. The van der Waals surface area contributed by atoms with Crippen molar-refractivity contribution in [3.63, 3.8) is 0 Å². The number of urea groups is 1. The van der Waals surface area contributed by atoms with Crippen LogP contribution in [0, 0.1) is 18.8 Å². The normalized spacial score (nSPS) is 22.3. The minimum Gasteiger partial charge on any atom is -0.481 e. The number of pyridine rings is 1. The van der Waals surface area contributed by atoms with E-state index in [2.05, 4.69) is 10.3 Å². The fourth-order valence-electron chi connectivity index (χ4n) is 2.28. The largest absolute Gasteiger partial charge is 0.481 e. The lowest BCUT2D eigenvalue weighted by atomic mass is 9.99. The molecule has 2 unspecified atom stereocenters. The fraction of sp³-hybridized carbons (Fsp3) is 0.462. The first kappa shape index (κ1) is 13.3. The minimum absolute atomic E-state index is 0.0288. The summed E-state index contributed by atoms with van der Waals surface area (Å²) in [5.74, 6) is -1.36. The molecule has 1 aliphatic rings. The molecule has 102 valence electrons. The van der Waals surface area contributed by atoms with E-state index >= 15 is 0 Å². The number of aliphatic carboxylic acids is 1. The number of hydrogen-bond donors (Lipinski definition) is 2. The first-order chi connectivity index (χ1) is 8.97. The first-order valence-corrected chi connectivity index (χ1v) is 6.17. The number of amides is 2. The van der Waals surface area contributed by atoms with Crippen molar-refractivity contribution in [2.75, 3.05) is 18.4 Å². The zero-order valence-electron chi connectivity index (χ0n) is 11.0. The molecule has 0 radical (unpaired) electrons. The number of hydrogen-bond acceptors (Lipinski definition) is 3. The molecule has 6 heteroatoms. The lowest BCUT2D eigenvalue weighted by Gasteiger charge is -2.16. The number of aromatic nitrogens is 1. The highest BCUT2D eigenvalue weighted by Crippen LogP contribution is 2.23. The predicted octanol–water partition coefficient (Wildman–Crippen LogP) is 1.57. The van der Waals surface area contributed by atoms with Crippen LogP contribution >= 0.6 is 0 Å². The Bertz CT molecular complexity index is 504. The molecular weight excluding hydrogens is 246 g/mol. The van der Waals surface area contributed by atoms with E-state index in [0.29, 0.717) is 12.2 Å². The number of anilines is 1. The van der Waals surface area contributed by atoms with E-state index in [-0.39, 0.29) is 18.5 Å². The van der Waals surface area contributed by atoms with Crippen molar-refractivity contribution in [2.45, 2.75) is 13.8 Å². The lowest BCUT2D eigenvalue weighted by molar-refractivity contribution is -0.142. The highest BCUT2D eigenvalue weighted by Gasteiger charge is 2.36. The van der Waals surface area contributed by atoms with Gasteiger partial charge in [-0.1, -0.05) is 6.92 Å². The second-order valence-corrected chi connectivity index (χ2v) is 5.01. The Morgan fingerprint density at radius 3 is 2.74 bits per heavy atom. The number of carbonyl (C=O) groups excluding carboxylic acids is 1. The number of carbonyl (C=O) groups is 2. The van der Waals surface area contributed by atoms with Crippen LogP contribution in [0.25, 0.3) is 0 Å². The van der Waals surface area contributed by atoms with Gasteiger partial charge in [0.25, 0.3) is 0 Å². The molecule has 2 atom stereocenters. The summed E-state index contributed by atoms with van der Waals surface area (Å²) >= 11 is 0. The van der Waals surface area contributed by atoms with Crippen molar-refractivity contribution in [3.05, 3.63) is 24.0 Å². The molecule has 0 aliphatic carbocycles. The fourth-order valence-corrected chi connectivity index (χ4v) is 2.28. The minimum atomic E-state index is -0.847. The Balaban J connectivity index is 2.00. The summed E-state index contributed by atoms with van der Waals surface area (Å²) in [6.07, 6.45) is 3.27. The van der Waals surface area contributed by atoms with Gasteiger partial charge in [-0.3, -0.25) is 9.78 Å². The van der Waals surface area contributed by atoms with Gasteiger partial charge in [0.1, 0.15) is 0 Å². The summed E-state index contributed by atoms with van der Waals surface area (Å²) in [4.78, 5) is 28.6. The maximum atomic E-state index is 12.0. The third-order valence-corrected chi connectivity index (χ3v) is 3.34. The van der Waals surface area contributed by atoms with Crippen LogP contribution in [-0.2, 0) is 4.79 Å². The van der Waals surface area contributed by atoms with Crippen LogP contribution < -0.4 is 5.32 Å². The third-order valence-electron chi connectivity index (χ3n) is 3.34. The van der Waals surface area contributed by atoms with E-state index in [4.69, 9.17) is 5.11 Å². The van der Waals surface area contributed by atoms with E-state index in [9.17, 15) is 9.59 Å². The summed E-state index contributed by atoms with van der Waals surface area (Å²) in [6, 6.07) is 1.54. The van der Waals surface area contributed by atoms with Crippen LogP contribution in [0.1, 0.15) is 12.5 Å². The molecule has 6 nitrogen and oxygen atoms in total. The van der Waals surface area contributed by atoms with Gasteiger partial charge in [0.05, 0.1) is 17.8 Å². The van der Waals surface area contributed by atoms with Crippen molar-refractivity contribution in [3.8, 4) is 0 Å². The Morgan fingerprint density at radius 2 is 2.16 bits per heavy atom. The summed E-state index contributed by atoms with van der Waals surface area (Å²) in [7, 11) is 0. The second kappa shape index (κ2) is 5.26. The van der Waals surface area contributed by atoms with Gasteiger partial charge >= 0.3 is 12.0 Å². The summed E-state index contributed by atoms with van der Waals surface area (Å²) in [5, 5.41) is 11.8. The van der Waals surface area contributed by atoms with E-state index in [1.165, 1.54) is 4.90 Å². The van der Waals surface area contributed by atoms with E-state index in [0.717, 1.165) is 5.56 Å². The topological polar surface area (TPSA) is 82.5 Å². The molecule has 2 heterocycles. The van der Waals surface area contributed by atoms with Gasteiger partial charge in [-0.05, 0) is 24.5 Å². The van der Waals surface area contributed by atoms with Gasteiger partial charge in [-0.2, -0.15) is 0 Å². The van der Waals surface area contributed by atoms with E-state index in [1.807, 2.05) is 19.9 Å². The van der Waals surface area contributed by atoms with Crippen LogP contribution in [0.5, 0.6) is 0 Å². The molecule has 2 rings (SSSR count). The molecular formula is C13H17N3O3. The maximum absolute atomic E-state index is 12.0. The van der Waals surface area contributed by atoms with Gasteiger partial charge in [0.2, 0.25) is 0 Å². The van der Waals surface area contributed by atoms with Crippen LogP contribution in [0.2, 0.25) is 0 Å². The number of rotatable bonds is 2. The molecule has 2 N–H and O–H groups in total. The van der Waals surface area contributed by atoms with Crippen molar-refractivity contribution < 1.29 is 14.7 Å². The van der Waals surface area contributed by atoms with Gasteiger partial charge < -0.3 is 15.3 Å². The maximum Gasteiger partial charge on any atom is 0.321 e. The lowest BCUT2D eigenvalue weighted by Crippen LogP contribution is -2.33. The average molecular weight is 263 g/mol. The molecule has 0 aromatic carbocycles. The van der Waals surface area contributed by atoms with Gasteiger partial charge in [-0.15, -0.1) is 0 Å². The predicted molar refractivity (Wildman–Crippen MR) is 69.9 cm³/mol. The summed E-state index contributed by atoms with van der Waals surface area (Å²) < 4.78 is 0. The van der Waals surface area contributed by atoms with E-state index in [1.54, 1.807) is 12.4 Å². The molecule has 1 fully saturated rings. The van der Waals surface area contributed by atoms with Gasteiger partial charge in [0, 0.05) is 19.3 Å². The molecule has 0 saturated carbocycles. The van der Waals surface area contributed by atoms with Crippen molar-refractivity contribution in [2.24, 2.45) is 11.8 Å². The SMILES string of the molecule is Cc1cncc(NC(=O)N2CC(C)C(C(=O)O)C2)c1. The third kappa shape index (κ3) is 3.01. The number of nitrogens with zero attached hydrogens (tertiary/aromatic N) is 2. The first-order valence-electron chi connectivity index (χ1n) is 6.17. The highest BCUT2D eigenvalue weighted by atomic mass is 16.4. The van der Waals surface area contributed by atoms with Gasteiger partial charge in [0.15, 0.2) is 0 Å². The number of carboxylic acids is 1. The van der Waals surface area contributed by atoms with Crippen molar-refractivity contribution in [1.82, 2.24) is 9.88 Å². The van der Waals surface area contributed by atoms with Crippen LogP contribution in [0.3, 0.4) is 0 Å². The standard InChI is InChI=1S/C13H17N3O3/c1-8-3-10(5-14-4-8)15-13(19)16-6-9(2)11(7-16)12(17)18/h3-5,9,11H,6-7H2,1-2H3,(H,15,19)(H,17,18). The van der Waals surface area contributed by atoms with Crippen LogP contribution in [0.4, 0.5) is 10.5 Å².